The maximum Gasteiger partial charge on any atom is 0.121 e. The molecule has 0 aliphatic heterocycles. The molecule has 0 aliphatic carbocycles. The van der Waals surface area contributed by atoms with E-state index in [-0.39, 0.29) is 0 Å². The van der Waals surface area contributed by atoms with E-state index in [9.17, 15) is 0 Å². The summed E-state index contributed by atoms with van der Waals surface area (Å²) < 4.78 is 5.55. The predicted molar refractivity (Wildman–Crippen MR) is 85.3 cm³/mol. The van der Waals surface area contributed by atoms with E-state index in [1.54, 1.807) is 0 Å². The van der Waals surface area contributed by atoms with Gasteiger partial charge in [-0.2, -0.15) is 0 Å². The monoisotopic (exact) mass is 269 g/mol. The van der Waals surface area contributed by atoms with Crippen molar-refractivity contribution in [3.63, 3.8) is 0 Å². The molecular formula is C18H23NO. The van der Waals surface area contributed by atoms with Gasteiger partial charge in [-0.05, 0) is 30.5 Å². The van der Waals surface area contributed by atoms with Crippen LogP contribution in [0.3, 0.4) is 0 Å². The van der Waals surface area contributed by atoms with Crippen LogP contribution in [-0.2, 0) is 0 Å². The number of ether oxygens (including phenoxy) is 1. The van der Waals surface area contributed by atoms with E-state index in [2.05, 4.69) is 61.6 Å². The van der Waals surface area contributed by atoms with Crippen LogP contribution in [0.15, 0.2) is 54.6 Å². The first kappa shape index (κ1) is 14.4. The molecular weight excluding hydrogens is 246 g/mol. The molecule has 0 saturated carbocycles. The summed E-state index contributed by atoms with van der Waals surface area (Å²) in [5, 5.41) is 3.61. The Morgan fingerprint density at radius 3 is 2.40 bits per heavy atom. The first-order valence-corrected chi connectivity index (χ1v) is 7.25. The maximum absolute atomic E-state index is 5.55. The number of rotatable bonds is 6. The summed E-state index contributed by atoms with van der Waals surface area (Å²) in [4.78, 5) is 0. The Labute approximate surface area is 121 Å². The Morgan fingerprint density at radius 1 is 1.00 bits per heavy atom. The molecule has 0 spiro atoms. The van der Waals surface area contributed by atoms with Gasteiger partial charge in [0, 0.05) is 11.8 Å². The molecule has 0 aliphatic rings. The minimum Gasteiger partial charge on any atom is -0.494 e. The Hall–Kier alpha value is -1.96. The summed E-state index contributed by atoms with van der Waals surface area (Å²) in [6, 6.07) is 19.0. The molecule has 2 aromatic carbocycles. The quantitative estimate of drug-likeness (QED) is 0.805. The van der Waals surface area contributed by atoms with Crippen molar-refractivity contribution < 1.29 is 4.74 Å². The highest BCUT2D eigenvalue weighted by molar-refractivity contribution is 5.50. The van der Waals surface area contributed by atoms with E-state index in [1.165, 1.54) is 5.56 Å². The normalized spacial score (nSPS) is 12.2. The van der Waals surface area contributed by atoms with E-state index in [0.717, 1.165) is 11.4 Å². The highest BCUT2D eigenvalue weighted by Gasteiger charge is 2.15. The molecule has 2 heteroatoms. The average Bonchev–Trinajstić information content (AvgIpc) is 2.46. The van der Waals surface area contributed by atoms with Crippen molar-refractivity contribution in [2.75, 3.05) is 11.9 Å². The Bertz CT molecular complexity index is 522. The minimum absolute atomic E-state index is 0.299. The van der Waals surface area contributed by atoms with Gasteiger partial charge < -0.3 is 10.1 Å². The second kappa shape index (κ2) is 6.99. The van der Waals surface area contributed by atoms with Gasteiger partial charge in [0.1, 0.15) is 5.75 Å². The van der Waals surface area contributed by atoms with E-state index >= 15 is 0 Å². The zero-order valence-electron chi connectivity index (χ0n) is 12.5. The second-order valence-corrected chi connectivity index (χ2v) is 5.24. The number of nitrogens with one attached hydrogen (secondary N) is 1. The smallest absolute Gasteiger partial charge is 0.121 e. The standard InChI is InChI=1S/C18H23NO/c1-4-20-17-12-8-11-16(13-17)19-18(14(2)3)15-9-6-5-7-10-15/h5-14,18-19H,4H2,1-3H3. The van der Waals surface area contributed by atoms with Crippen LogP contribution in [0.25, 0.3) is 0 Å². The van der Waals surface area contributed by atoms with Crippen molar-refractivity contribution in [2.45, 2.75) is 26.8 Å². The minimum atomic E-state index is 0.299. The van der Waals surface area contributed by atoms with Gasteiger partial charge in [0.2, 0.25) is 0 Å². The van der Waals surface area contributed by atoms with Gasteiger partial charge in [-0.3, -0.25) is 0 Å². The molecule has 1 unspecified atom stereocenters. The first-order valence-electron chi connectivity index (χ1n) is 7.25. The molecule has 2 rings (SSSR count). The lowest BCUT2D eigenvalue weighted by Crippen LogP contribution is -2.16. The lowest BCUT2D eigenvalue weighted by Gasteiger charge is -2.24. The van der Waals surface area contributed by atoms with E-state index in [1.807, 2.05) is 19.1 Å². The zero-order valence-corrected chi connectivity index (χ0v) is 12.5. The number of anilines is 1. The van der Waals surface area contributed by atoms with Crippen molar-refractivity contribution in [3.8, 4) is 5.75 Å². The predicted octanol–water partition coefficient (Wildman–Crippen LogP) is 4.89. The van der Waals surface area contributed by atoms with E-state index in [4.69, 9.17) is 4.74 Å². The third-order valence-corrected chi connectivity index (χ3v) is 3.29. The molecule has 0 fully saturated rings. The van der Waals surface area contributed by atoms with Crippen LogP contribution >= 0.6 is 0 Å². The highest BCUT2D eigenvalue weighted by Crippen LogP contribution is 2.28. The summed E-state index contributed by atoms with van der Waals surface area (Å²) >= 11 is 0. The third-order valence-electron chi connectivity index (χ3n) is 3.29. The second-order valence-electron chi connectivity index (χ2n) is 5.24. The molecule has 0 amide bonds. The summed E-state index contributed by atoms with van der Waals surface area (Å²) in [5.74, 6) is 1.42. The van der Waals surface area contributed by atoms with Crippen LogP contribution in [-0.4, -0.2) is 6.61 Å². The molecule has 106 valence electrons. The first-order chi connectivity index (χ1) is 9.70. The molecule has 2 nitrogen and oxygen atoms in total. The Kier molecular flexibility index (Phi) is 5.05. The summed E-state index contributed by atoms with van der Waals surface area (Å²) in [6.07, 6.45) is 0. The Morgan fingerprint density at radius 2 is 1.75 bits per heavy atom. The summed E-state index contributed by atoms with van der Waals surface area (Å²) in [5.41, 5.74) is 2.41. The van der Waals surface area contributed by atoms with Gasteiger partial charge in [0.25, 0.3) is 0 Å². The Balaban J connectivity index is 2.18. The topological polar surface area (TPSA) is 21.3 Å². The van der Waals surface area contributed by atoms with E-state index in [0.29, 0.717) is 18.6 Å². The lowest BCUT2D eigenvalue weighted by atomic mass is 9.96. The van der Waals surface area contributed by atoms with E-state index < -0.39 is 0 Å². The third kappa shape index (κ3) is 3.77. The molecule has 0 heterocycles. The average molecular weight is 269 g/mol. The molecule has 2 aromatic rings. The van der Waals surface area contributed by atoms with Crippen LogP contribution in [0.5, 0.6) is 5.75 Å². The molecule has 0 aromatic heterocycles. The summed E-state index contributed by atoms with van der Waals surface area (Å²) in [6.45, 7) is 7.16. The van der Waals surface area contributed by atoms with Gasteiger partial charge in [-0.15, -0.1) is 0 Å². The number of hydrogen-bond donors (Lipinski definition) is 1. The molecule has 1 atom stereocenters. The molecule has 0 bridgehead atoms. The van der Waals surface area contributed by atoms with Crippen LogP contribution in [0.2, 0.25) is 0 Å². The van der Waals surface area contributed by atoms with Crippen molar-refractivity contribution in [1.29, 1.82) is 0 Å². The molecule has 0 radical (unpaired) electrons. The largest absolute Gasteiger partial charge is 0.494 e. The van der Waals surface area contributed by atoms with Crippen LogP contribution < -0.4 is 10.1 Å². The lowest BCUT2D eigenvalue weighted by molar-refractivity contribution is 0.340. The van der Waals surface area contributed by atoms with Gasteiger partial charge in [-0.1, -0.05) is 50.2 Å². The van der Waals surface area contributed by atoms with Crippen molar-refractivity contribution in [2.24, 2.45) is 5.92 Å². The van der Waals surface area contributed by atoms with Gasteiger partial charge in [0.15, 0.2) is 0 Å². The fraction of sp³-hybridized carbons (Fsp3) is 0.333. The molecule has 0 saturated heterocycles. The fourth-order valence-electron chi connectivity index (χ4n) is 2.32. The van der Waals surface area contributed by atoms with Crippen LogP contribution in [0.1, 0.15) is 32.4 Å². The molecule has 20 heavy (non-hydrogen) atoms. The zero-order chi connectivity index (χ0) is 14.4. The SMILES string of the molecule is CCOc1cccc(NC(c2ccccc2)C(C)C)c1. The van der Waals surface area contributed by atoms with Gasteiger partial charge in [-0.25, -0.2) is 0 Å². The van der Waals surface area contributed by atoms with Gasteiger partial charge >= 0.3 is 0 Å². The van der Waals surface area contributed by atoms with Crippen molar-refractivity contribution >= 4 is 5.69 Å². The van der Waals surface area contributed by atoms with Gasteiger partial charge in [0.05, 0.1) is 12.6 Å². The highest BCUT2D eigenvalue weighted by atomic mass is 16.5. The van der Waals surface area contributed by atoms with Crippen LogP contribution in [0.4, 0.5) is 5.69 Å². The van der Waals surface area contributed by atoms with Crippen molar-refractivity contribution in [1.82, 2.24) is 0 Å². The van der Waals surface area contributed by atoms with Crippen molar-refractivity contribution in [3.05, 3.63) is 60.2 Å². The fourth-order valence-corrected chi connectivity index (χ4v) is 2.32. The summed E-state index contributed by atoms with van der Waals surface area (Å²) in [7, 11) is 0. The maximum atomic E-state index is 5.55. The number of benzene rings is 2. The molecule has 1 N–H and O–H groups in total. The number of hydrogen-bond acceptors (Lipinski definition) is 2. The van der Waals surface area contributed by atoms with Crippen LogP contribution in [0, 0.1) is 5.92 Å².